The number of carboxylic acid groups (broad SMARTS) is 1. The number of nitrogens with one attached hydrogen (secondary N) is 1. The van der Waals surface area contributed by atoms with Gasteiger partial charge in [0.1, 0.15) is 17.9 Å². The van der Waals surface area contributed by atoms with E-state index in [0.717, 1.165) is 27.8 Å². The highest BCUT2D eigenvalue weighted by Crippen LogP contribution is 2.30. The molecule has 4 rings (SSSR count). The van der Waals surface area contributed by atoms with Crippen LogP contribution in [0.15, 0.2) is 30.5 Å². The highest BCUT2D eigenvalue weighted by Gasteiger charge is 2.36. The van der Waals surface area contributed by atoms with Gasteiger partial charge in [0.15, 0.2) is 0 Å². The van der Waals surface area contributed by atoms with Crippen LogP contribution in [0.4, 0.5) is 4.79 Å². The maximum atomic E-state index is 11.5. The minimum atomic E-state index is -1.02. The van der Waals surface area contributed by atoms with Gasteiger partial charge in [-0.25, -0.2) is 9.78 Å². The second kappa shape index (κ2) is 7.73. The lowest BCUT2D eigenvalue weighted by atomic mass is 9.89. The number of hydrogen-bond acceptors (Lipinski definition) is 5. The first-order chi connectivity index (χ1) is 13.6. The van der Waals surface area contributed by atoms with Crippen molar-refractivity contribution in [2.45, 2.75) is 38.5 Å². The number of nitrogens with zero attached hydrogens (tertiary/aromatic N) is 3. The SMILES string of the molecule is CCOCc1nc2cnc3ccccc3c2n1CC1(NC(=O)O)CCOCC1. The highest BCUT2D eigenvalue weighted by molar-refractivity contribution is 6.02. The highest BCUT2D eigenvalue weighted by atomic mass is 16.5. The molecule has 148 valence electrons. The van der Waals surface area contributed by atoms with Crippen molar-refractivity contribution in [3.05, 3.63) is 36.3 Å². The average Bonchev–Trinajstić information content (AvgIpc) is 3.04. The third kappa shape index (κ3) is 3.53. The summed E-state index contributed by atoms with van der Waals surface area (Å²) < 4.78 is 13.2. The fourth-order valence-corrected chi connectivity index (χ4v) is 3.90. The second-order valence-electron chi connectivity index (χ2n) is 7.08. The van der Waals surface area contributed by atoms with E-state index >= 15 is 0 Å². The minimum absolute atomic E-state index is 0.360. The number of rotatable bonds is 6. The molecule has 0 spiro atoms. The normalized spacial score (nSPS) is 16.5. The van der Waals surface area contributed by atoms with Crippen LogP contribution in [-0.4, -0.2) is 51.1 Å². The molecular weight excluding hydrogens is 360 g/mol. The summed E-state index contributed by atoms with van der Waals surface area (Å²) in [7, 11) is 0. The van der Waals surface area contributed by atoms with Crippen LogP contribution in [0.2, 0.25) is 0 Å². The molecule has 3 aromatic rings. The second-order valence-corrected chi connectivity index (χ2v) is 7.08. The van der Waals surface area contributed by atoms with Gasteiger partial charge >= 0.3 is 6.09 Å². The van der Waals surface area contributed by atoms with Gasteiger partial charge in [-0.15, -0.1) is 0 Å². The quantitative estimate of drug-likeness (QED) is 0.678. The molecule has 1 saturated heterocycles. The largest absolute Gasteiger partial charge is 0.465 e. The Labute approximate surface area is 162 Å². The van der Waals surface area contributed by atoms with Gasteiger partial charge in [-0.05, 0) is 25.8 Å². The zero-order valence-corrected chi connectivity index (χ0v) is 15.9. The topological polar surface area (TPSA) is 98.5 Å². The number of pyridine rings is 1. The van der Waals surface area contributed by atoms with Crippen LogP contribution in [-0.2, 0) is 22.6 Å². The van der Waals surface area contributed by atoms with Crippen LogP contribution in [0.1, 0.15) is 25.6 Å². The molecule has 1 aliphatic rings. The maximum absolute atomic E-state index is 11.5. The van der Waals surface area contributed by atoms with Gasteiger partial charge in [-0.1, -0.05) is 18.2 Å². The Hall–Kier alpha value is -2.71. The number of carbonyl (C=O) groups is 1. The molecule has 1 fully saturated rings. The van der Waals surface area contributed by atoms with Gasteiger partial charge in [0, 0.05) is 31.8 Å². The van der Waals surface area contributed by atoms with Crippen molar-refractivity contribution in [3.63, 3.8) is 0 Å². The predicted octanol–water partition coefficient (Wildman–Crippen LogP) is 2.94. The molecule has 2 N–H and O–H groups in total. The number of para-hydroxylation sites is 1. The smallest absolute Gasteiger partial charge is 0.405 e. The van der Waals surface area contributed by atoms with E-state index in [2.05, 4.69) is 14.9 Å². The number of benzene rings is 1. The van der Waals surface area contributed by atoms with Gasteiger partial charge in [-0.3, -0.25) is 4.98 Å². The van der Waals surface area contributed by atoms with Crippen LogP contribution >= 0.6 is 0 Å². The van der Waals surface area contributed by atoms with E-state index in [4.69, 9.17) is 14.5 Å². The Kier molecular flexibility index (Phi) is 5.15. The van der Waals surface area contributed by atoms with Crippen molar-refractivity contribution in [2.75, 3.05) is 19.8 Å². The van der Waals surface area contributed by atoms with Crippen molar-refractivity contribution in [1.82, 2.24) is 19.9 Å². The number of imidazole rings is 1. The Bertz CT molecular complexity index is 994. The fraction of sp³-hybridized carbons (Fsp3) is 0.450. The van der Waals surface area contributed by atoms with Gasteiger partial charge in [0.25, 0.3) is 0 Å². The number of hydrogen-bond donors (Lipinski definition) is 2. The Morgan fingerprint density at radius 3 is 2.86 bits per heavy atom. The van der Waals surface area contributed by atoms with Crippen molar-refractivity contribution in [3.8, 4) is 0 Å². The molecule has 2 aromatic heterocycles. The molecule has 3 heterocycles. The zero-order chi connectivity index (χ0) is 19.6. The summed E-state index contributed by atoms with van der Waals surface area (Å²) in [5.74, 6) is 0.771. The van der Waals surface area contributed by atoms with Crippen LogP contribution in [0.3, 0.4) is 0 Å². The summed E-state index contributed by atoms with van der Waals surface area (Å²) in [5.41, 5.74) is 2.01. The van der Waals surface area contributed by atoms with Gasteiger partial charge < -0.3 is 24.5 Å². The third-order valence-electron chi connectivity index (χ3n) is 5.28. The van der Waals surface area contributed by atoms with E-state index in [1.165, 1.54) is 0 Å². The fourth-order valence-electron chi connectivity index (χ4n) is 3.90. The van der Waals surface area contributed by atoms with Crippen LogP contribution in [0.5, 0.6) is 0 Å². The van der Waals surface area contributed by atoms with E-state index in [1.807, 2.05) is 31.2 Å². The predicted molar refractivity (Wildman–Crippen MR) is 104 cm³/mol. The van der Waals surface area contributed by atoms with Gasteiger partial charge in [-0.2, -0.15) is 0 Å². The molecule has 8 heteroatoms. The van der Waals surface area contributed by atoms with E-state index in [9.17, 15) is 9.90 Å². The van der Waals surface area contributed by atoms with E-state index in [-0.39, 0.29) is 0 Å². The average molecular weight is 384 g/mol. The molecule has 0 radical (unpaired) electrons. The Balaban J connectivity index is 1.86. The molecule has 0 saturated carbocycles. The number of fused-ring (bicyclic) bond motifs is 3. The summed E-state index contributed by atoms with van der Waals surface area (Å²) in [4.78, 5) is 20.8. The van der Waals surface area contributed by atoms with Crippen molar-refractivity contribution < 1.29 is 19.4 Å². The molecule has 1 amide bonds. The molecule has 0 bridgehead atoms. The first kappa shape index (κ1) is 18.6. The summed E-state index contributed by atoms with van der Waals surface area (Å²) in [6.45, 7) is 4.39. The monoisotopic (exact) mass is 384 g/mol. The number of ether oxygens (including phenoxy) is 2. The molecule has 0 atom stereocenters. The lowest BCUT2D eigenvalue weighted by molar-refractivity contribution is 0.0312. The Morgan fingerprint density at radius 1 is 1.32 bits per heavy atom. The molecular formula is C20H24N4O4. The van der Waals surface area contributed by atoms with Crippen LogP contribution in [0, 0.1) is 0 Å². The molecule has 8 nitrogen and oxygen atoms in total. The van der Waals surface area contributed by atoms with Crippen molar-refractivity contribution in [2.24, 2.45) is 0 Å². The van der Waals surface area contributed by atoms with Crippen molar-refractivity contribution in [1.29, 1.82) is 0 Å². The standard InChI is InChI=1S/C20H24N4O4/c1-2-27-12-17-22-16-11-21-15-6-4-3-5-14(15)18(16)24(17)13-20(23-19(25)26)7-9-28-10-8-20/h3-6,11,23H,2,7-10,12-13H2,1H3,(H,25,26). The van der Waals surface area contributed by atoms with E-state index in [0.29, 0.717) is 45.8 Å². The van der Waals surface area contributed by atoms with E-state index in [1.54, 1.807) is 6.20 Å². The number of amides is 1. The zero-order valence-electron chi connectivity index (χ0n) is 15.9. The Morgan fingerprint density at radius 2 is 2.11 bits per heavy atom. The molecule has 1 aromatic carbocycles. The first-order valence-electron chi connectivity index (χ1n) is 9.51. The van der Waals surface area contributed by atoms with Gasteiger partial charge in [0.05, 0.1) is 22.8 Å². The molecule has 0 aliphatic carbocycles. The summed E-state index contributed by atoms with van der Waals surface area (Å²) in [5, 5.41) is 13.2. The van der Waals surface area contributed by atoms with Gasteiger partial charge in [0.2, 0.25) is 0 Å². The maximum Gasteiger partial charge on any atom is 0.405 e. The van der Waals surface area contributed by atoms with Crippen molar-refractivity contribution >= 4 is 28.0 Å². The first-order valence-corrected chi connectivity index (χ1v) is 9.51. The lowest BCUT2D eigenvalue weighted by Crippen LogP contribution is -2.54. The summed E-state index contributed by atoms with van der Waals surface area (Å²) in [6.07, 6.45) is 1.96. The third-order valence-corrected chi connectivity index (χ3v) is 5.28. The number of aromatic nitrogens is 3. The molecule has 28 heavy (non-hydrogen) atoms. The minimum Gasteiger partial charge on any atom is -0.465 e. The summed E-state index contributed by atoms with van der Waals surface area (Å²) in [6, 6.07) is 7.92. The van der Waals surface area contributed by atoms with E-state index < -0.39 is 11.6 Å². The summed E-state index contributed by atoms with van der Waals surface area (Å²) >= 11 is 0. The molecule has 0 unspecified atom stereocenters. The lowest BCUT2D eigenvalue weighted by Gasteiger charge is -2.37. The van der Waals surface area contributed by atoms with Crippen LogP contribution in [0.25, 0.3) is 21.9 Å². The van der Waals surface area contributed by atoms with Crippen LogP contribution < -0.4 is 5.32 Å². The molecule has 1 aliphatic heterocycles.